The van der Waals surface area contributed by atoms with Crippen molar-refractivity contribution in [2.45, 2.75) is 19.1 Å². The Morgan fingerprint density at radius 2 is 2.00 bits per heavy atom. The Morgan fingerprint density at radius 3 is 2.55 bits per heavy atom. The quantitative estimate of drug-likeness (QED) is 0.748. The number of hydrogen-bond donors (Lipinski definition) is 2. The number of halogens is 2. The van der Waals surface area contributed by atoms with Crippen LogP contribution in [-0.4, -0.2) is 44.0 Å². The third-order valence-electron chi connectivity index (χ3n) is 2.41. The van der Waals surface area contributed by atoms with E-state index < -0.39 is 12.7 Å². The van der Waals surface area contributed by atoms with Crippen LogP contribution in [0.2, 0.25) is 0 Å². The molecule has 20 heavy (non-hydrogen) atoms. The van der Waals surface area contributed by atoms with Crippen molar-refractivity contribution in [3.8, 4) is 5.75 Å². The molecule has 0 heterocycles. The van der Waals surface area contributed by atoms with Gasteiger partial charge in [-0.05, 0) is 17.7 Å². The van der Waals surface area contributed by atoms with Crippen LogP contribution in [-0.2, 0) is 16.0 Å². The molecule has 0 bridgehead atoms. The van der Waals surface area contributed by atoms with Gasteiger partial charge in [-0.25, -0.2) is 0 Å². The van der Waals surface area contributed by atoms with Crippen molar-refractivity contribution in [1.82, 2.24) is 5.32 Å². The van der Waals surface area contributed by atoms with Gasteiger partial charge in [0.15, 0.2) is 0 Å². The zero-order chi connectivity index (χ0) is 15.0. The highest BCUT2D eigenvalue weighted by molar-refractivity contribution is 5.78. The zero-order valence-electron chi connectivity index (χ0n) is 11.0. The Kier molecular flexibility index (Phi) is 6.89. The van der Waals surface area contributed by atoms with E-state index in [1.807, 2.05) is 0 Å². The molecular formula is C13H17F2NO4. The fourth-order valence-corrected chi connectivity index (χ4v) is 1.52. The fraction of sp³-hybridized carbons (Fsp3) is 0.462. The minimum Gasteiger partial charge on any atom is -0.435 e. The second kappa shape index (κ2) is 8.44. The first-order valence-corrected chi connectivity index (χ1v) is 5.98. The number of hydrogen-bond acceptors (Lipinski definition) is 4. The van der Waals surface area contributed by atoms with Crippen LogP contribution < -0.4 is 10.1 Å². The number of methoxy groups -OCH3 is 1. The third-order valence-corrected chi connectivity index (χ3v) is 2.41. The standard InChI is InChI=1S/C13H17F2NO4/c1-19-8-10(17)7-16-12(18)6-9-2-4-11(5-3-9)20-13(14)15/h2-5,10,13,17H,6-8H2,1H3,(H,16,18). The molecule has 0 aliphatic rings. The van der Waals surface area contributed by atoms with Crippen LogP contribution in [0.15, 0.2) is 24.3 Å². The van der Waals surface area contributed by atoms with Gasteiger partial charge >= 0.3 is 6.61 Å². The minimum atomic E-state index is -2.87. The molecule has 2 N–H and O–H groups in total. The van der Waals surface area contributed by atoms with Crippen molar-refractivity contribution in [3.05, 3.63) is 29.8 Å². The van der Waals surface area contributed by atoms with Gasteiger partial charge in [-0.15, -0.1) is 0 Å². The van der Waals surface area contributed by atoms with Gasteiger partial charge in [0.1, 0.15) is 5.75 Å². The van der Waals surface area contributed by atoms with Crippen LogP contribution in [0.5, 0.6) is 5.75 Å². The lowest BCUT2D eigenvalue weighted by Crippen LogP contribution is -2.35. The number of aliphatic hydroxyl groups is 1. The molecule has 1 amide bonds. The summed E-state index contributed by atoms with van der Waals surface area (Å²) in [5, 5.41) is 11.9. The van der Waals surface area contributed by atoms with Crippen molar-refractivity contribution in [2.24, 2.45) is 0 Å². The number of carbonyl (C=O) groups is 1. The van der Waals surface area contributed by atoms with Gasteiger partial charge < -0.3 is 19.9 Å². The van der Waals surface area contributed by atoms with E-state index >= 15 is 0 Å². The molecule has 0 spiro atoms. The van der Waals surface area contributed by atoms with Crippen LogP contribution >= 0.6 is 0 Å². The summed E-state index contributed by atoms with van der Waals surface area (Å²) in [6.45, 7) is -2.63. The number of alkyl halides is 2. The second-order valence-corrected chi connectivity index (χ2v) is 4.11. The summed E-state index contributed by atoms with van der Waals surface area (Å²) in [4.78, 5) is 11.6. The maximum absolute atomic E-state index is 11.9. The van der Waals surface area contributed by atoms with Gasteiger partial charge in [0, 0.05) is 13.7 Å². The normalized spacial score (nSPS) is 12.2. The number of aliphatic hydroxyl groups excluding tert-OH is 1. The largest absolute Gasteiger partial charge is 0.435 e. The summed E-state index contributed by atoms with van der Waals surface area (Å²) < 4.78 is 32.8. The highest BCUT2D eigenvalue weighted by Crippen LogP contribution is 2.15. The highest BCUT2D eigenvalue weighted by Gasteiger charge is 2.08. The molecule has 1 aromatic rings. The lowest BCUT2D eigenvalue weighted by molar-refractivity contribution is -0.121. The molecule has 1 atom stereocenters. The summed E-state index contributed by atoms with van der Waals surface area (Å²) in [5.41, 5.74) is 0.658. The Bertz CT molecular complexity index is 411. The third kappa shape index (κ3) is 6.44. The van der Waals surface area contributed by atoms with Crippen molar-refractivity contribution in [1.29, 1.82) is 0 Å². The van der Waals surface area contributed by atoms with E-state index in [0.29, 0.717) is 5.56 Å². The van der Waals surface area contributed by atoms with E-state index in [0.717, 1.165) is 0 Å². The van der Waals surface area contributed by atoms with E-state index in [2.05, 4.69) is 10.1 Å². The predicted molar refractivity (Wildman–Crippen MR) is 67.7 cm³/mol. The van der Waals surface area contributed by atoms with Crippen LogP contribution in [0.1, 0.15) is 5.56 Å². The molecule has 0 saturated heterocycles. The molecule has 7 heteroatoms. The Balaban J connectivity index is 2.38. The first kappa shape index (κ1) is 16.3. The molecule has 0 fully saturated rings. The first-order chi connectivity index (χ1) is 9.51. The van der Waals surface area contributed by atoms with Crippen LogP contribution in [0.25, 0.3) is 0 Å². The average Bonchev–Trinajstić information content (AvgIpc) is 2.38. The molecule has 1 unspecified atom stereocenters. The van der Waals surface area contributed by atoms with E-state index in [1.54, 1.807) is 0 Å². The van der Waals surface area contributed by atoms with Gasteiger partial charge in [0.25, 0.3) is 0 Å². The minimum absolute atomic E-state index is 0.0414. The first-order valence-electron chi connectivity index (χ1n) is 5.98. The number of carbonyl (C=O) groups excluding carboxylic acids is 1. The summed E-state index contributed by atoms with van der Waals surface area (Å²) in [5.74, 6) is -0.234. The lowest BCUT2D eigenvalue weighted by atomic mass is 10.1. The van der Waals surface area contributed by atoms with Gasteiger partial charge in [0.05, 0.1) is 19.1 Å². The molecular weight excluding hydrogens is 272 g/mol. The van der Waals surface area contributed by atoms with E-state index in [4.69, 9.17) is 4.74 Å². The molecule has 1 aromatic carbocycles. The number of amides is 1. The molecule has 0 aliphatic carbocycles. The van der Waals surface area contributed by atoms with Crippen molar-refractivity contribution in [2.75, 3.05) is 20.3 Å². The maximum Gasteiger partial charge on any atom is 0.387 e. The van der Waals surface area contributed by atoms with Crippen LogP contribution in [0.4, 0.5) is 8.78 Å². The predicted octanol–water partition coefficient (Wildman–Crippen LogP) is 0.954. The molecule has 1 rings (SSSR count). The van der Waals surface area contributed by atoms with E-state index in [9.17, 15) is 18.7 Å². The monoisotopic (exact) mass is 289 g/mol. The average molecular weight is 289 g/mol. The van der Waals surface area contributed by atoms with Crippen molar-refractivity contribution >= 4 is 5.91 Å². The summed E-state index contributed by atoms with van der Waals surface area (Å²) in [7, 11) is 1.45. The molecule has 0 saturated carbocycles. The van der Waals surface area contributed by atoms with Gasteiger partial charge in [-0.1, -0.05) is 12.1 Å². The fourth-order valence-electron chi connectivity index (χ4n) is 1.52. The highest BCUT2D eigenvalue weighted by atomic mass is 19.3. The van der Waals surface area contributed by atoms with Crippen molar-refractivity contribution in [3.63, 3.8) is 0 Å². The zero-order valence-corrected chi connectivity index (χ0v) is 11.0. The second-order valence-electron chi connectivity index (χ2n) is 4.11. The van der Waals surface area contributed by atoms with Gasteiger partial charge in [-0.3, -0.25) is 4.79 Å². The number of nitrogens with one attached hydrogen (secondary N) is 1. The lowest BCUT2D eigenvalue weighted by Gasteiger charge is -2.11. The van der Waals surface area contributed by atoms with E-state index in [1.165, 1.54) is 31.4 Å². The van der Waals surface area contributed by atoms with Crippen molar-refractivity contribution < 1.29 is 28.2 Å². The maximum atomic E-state index is 11.9. The number of ether oxygens (including phenoxy) is 2. The summed E-state index contributed by atoms with van der Waals surface area (Å²) >= 11 is 0. The topological polar surface area (TPSA) is 67.8 Å². The molecule has 0 radical (unpaired) electrons. The van der Waals surface area contributed by atoms with Gasteiger partial charge in [0.2, 0.25) is 5.91 Å². The molecule has 112 valence electrons. The molecule has 0 aliphatic heterocycles. The number of benzene rings is 1. The van der Waals surface area contributed by atoms with Crippen LogP contribution in [0.3, 0.4) is 0 Å². The van der Waals surface area contributed by atoms with Gasteiger partial charge in [-0.2, -0.15) is 8.78 Å². The summed E-state index contributed by atoms with van der Waals surface area (Å²) in [6, 6.07) is 5.80. The molecule has 5 nitrogen and oxygen atoms in total. The number of rotatable bonds is 8. The Labute approximate surface area is 115 Å². The smallest absolute Gasteiger partial charge is 0.387 e. The summed E-state index contributed by atoms with van der Waals surface area (Å²) in [6.07, 6.45) is -0.667. The molecule has 0 aromatic heterocycles. The SMILES string of the molecule is COCC(O)CNC(=O)Cc1ccc(OC(F)F)cc1. The Morgan fingerprint density at radius 1 is 1.35 bits per heavy atom. The Hall–Kier alpha value is -1.73. The van der Waals surface area contributed by atoms with E-state index in [-0.39, 0.29) is 31.2 Å². The van der Waals surface area contributed by atoms with Crippen LogP contribution in [0, 0.1) is 0 Å².